The number of nitrogens with zero attached hydrogens (tertiary/aromatic N) is 1. The Labute approximate surface area is 195 Å². The summed E-state index contributed by atoms with van der Waals surface area (Å²) in [6.07, 6.45) is 6.09. The molecule has 33 heavy (non-hydrogen) atoms. The second kappa shape index (κ2) is 10.1. The number of anilines is 1. The molecular formula is C25H31N3O4S. The number of hydrogen-bond acceptors (Lipinski definition) is 4. The van der Waals surface area contributed by atoms with Crippen LogP contribution in [0.3, 0.4) is 0 Å². The van der Waals surface area contributed by atoms with Gasteiger partial charge in [0, 0.05) is 31.6 Å². The number of hydrogen-bond donors (Lipinski definition) is 2. The summed E-state index contributed by atoms with van der Waals surface area (Å²) >= 11 is 0. The van der Waals surface area contributed by atoms with E-state index in [1.807, 2.05) is 24.3 Å². The summed E-state index contributed by atoms with van der Waals surface area (Å²) in [6, 6.07) is 13.6. The topological polar surface area (TPSA) is 95.6 Å². The molecule has 176 valence electrons. The number of fused-ring (bicyclic) bond motifs is 1. The molecule has 1 aliphatic heterocycles. The fraction of sp³-hybridized carbons (Fsp3) is 0.440. The molecule has 1 aliphatic carbocycles. The lowest BCUT2D eigenvalue weighted by molar-refractivity contribution is -0.123. The second-order valence-electron chi connectivity index (χ2n) is 8.89. The molecule has 1 atom stereocenters. The average molecular weight is 470 g/mol. The van der Waals surface area contributed by atoms with Crippen molar-refractivity contribution in [3.8, 4) is 0 Å². The van der Waals surface area contributed by atoms with E-state index in [4.69, 9.17) is 0 Å². The van der Waals surface area contributed by atoms with E-state index in [0.717, 1.165) is 36.8 Å². The molecule has 2 aromatic rings. The normalized spacial score (nSPS) is 19.5. The number of carbonyl (C=O) groups excluding carboxylic acids is 2. The van der Waals surface area contributed by atoms with Crippen LogP contribution < -0.4 is 10.6 Å². The summed E-state index contributed by atoms with van der Waals surface area (Å²) in [7, 11) is -3.84. The Morgan fingerprint density at radius 1 is 1.00 bits per heavy atom. The Balaban J connectivity index is 1.59. The predicted octanol–water partition coefficient (Wildman–Crippen LogP) is 3.77. The van der Waals surface area contributed by atoms with Gasteiger partial charge in [-0.3, -0.25) is 9.59 Å². The molecule has 0 unspecified atom stereocenters. The highest BCUT2D eigenvalue weighted by Crippen LogP contribution is 2.36. The maximum atomic E-state index is 13.6. The van der Waals surface area contributed by atoms with Gasteiger partial charge < -0.3 is 10.6 Å². The minimum Gasteiger partial charge on any atom is -0.353 e. The summed E-state index contributed by atoms with van der Waals surface area (Å²) in [5.74, 6) is -0.327. The Morgan fingerprint density at radius 3 is 2.39 bits per heavy atom. The van der Waals surface area contributed by atoms with Crippen LogP contribution in [0.1, 0.15) is 62.6 Å². The second-order valence-corrected chi connectivity index (χ2v) is 10.8. The Kier molecular flexibility index (Phi) is 7.14. The van der Waals surface area contributed by atoms with E-state index < -0.39 is 16.1 Å². The molecule has 8 heteroatoms. The lowest BCUT2D eigenvalue weighted by Gasteiger charge is -2.36. The van der Waals surface area contributed by atoms with Crippen LogP contribution in [0, 0.1) is 0 Å². The molecule has 0 bridgehead atoms. The van der Waals surface area contributed by atoms with E-state index in [9.17, 15) is 18.0 Å². The Hall–Kier alpha value is -2.71. The van der Waals surface area contributed by atoms with Gasteiger partial charge in [0.1, 0.15) is 0 Å². The van der Waals surface area contributed by atoms with E-state index in [2.05, 4.69) is 10.6 Å². The van der Waals surface area contributed by atoms with Gasteiger partial charge >= 0.3 is 0 Å². The number of benzene rings is 2. The molecule has 2 aliphatic rings. The van der Waals surface area contributed by atoms with E-state index in [1.54, 1.807) is 12.1 Å². The lowest BCUT2D eigenvalue weighted by Crippen LogP contribution is -2.43. The zero-order chi connectivity index (χ0) is 23.4. The number of rotatable bonds is 6. The van der Waals surface area contributed by atoms with Gasteiger partial charge in [0.25, 0.3) is 0 Å². The highest BCUT2D eigenvalue weighted by molar-refractivity contribution is 7.89. The first-order valence-electron chi connectivity index (χ1n) is 11.6. The molecule has 1 heterocycles. The zero-order valence-electron chi connectivity index (χ0n) is 18.9. The minimum absolute atomic E-state index is 0.0940. The molecule has 7 nitrogen and oxygen atoms in total. The van der Waals surface area contributed by atoms with Gasteiger partial charge in [-0.1, -0.05) is 43.5 Å². The first-order chi connectivity index (χ1) is 15.8. The van der Waals surface area contributed by atoms with Gasteiger partial charge in [-0.05, 0) is 54.7 Å². The van der Waals surface area contributed by atoms with Gasteiger partial charge in [-0.15, -0.1) is 0 Å². The van der Waals surface area contributed by atoms with Crippen LogP contribution in [0.25, 0.3) is 0 Å². The smallest absolute Gasteiger partial charge is 0.243 e. The van der Waals surface area contributed by atoms with Crippen LogP contribution >= 0.6 is 0 Å². The van der Waals surface area contributed by atoms with Crippen molar-refractivity contribution in [2.24, 2.45) is 0 Å². The summed E-state index contributed by atoms with van der Waals surface area (Å²) in [6.45, 7) is 1.72. The maximum Gasteiger partial charge on any atom is 0.243 e. The third-order valence-corrected chi connectivity index (χ3v) is 8.42. The van der Waals surface area contributed by atoms with Crippen LogP contribution in [-0.2, 0) is 26.0 Å². The van der Waals surface area contributed by atoms with Crippen molar-refractivity contribution < 1.29 is 18.0 Å². The van der Waals surface area contributed by atoms with Crippen LogP contribution in [0.15, 0.2) is 53.4 Å². The largest absolute Gasteiger partial charge is 0.353 e. The highest BCUT2D eigenvalue weighted by atomic mass is 32.2. The van der Waals surface area contributed by atoms with E-state index >= 15 is 0 Å². The van der Waals surface area contributed by atoms with Crippen LogP contribution in [0.2, 0.25) is 0 Å². The summed E-state index contributed by atoms with van der Waals surface area (Å²) in [5.41, 5.74) is 2.51. The first-order valence-corrected chi connectivity index (χ1v) is 13.1. The Bertz CT molecular complexity index is 1110. The predicted molar refractivity (Wildman–Crippen MR) is 127 cm³/mol. The standard InChI is InChI=1S/C25H31N3O4S/c1-18(29)26-21-11-13-22(14-12-21)33(31,32)28-16-15-19-7-5-6-10-23(19)24(28)17-25(30)27-20-8-3-2-4-9-20/h5-7,10-14,20,24H,2-4,8-9,15-17H2,1H3,(H,26,29)(H,27,30)/t24-/m0/s1. The fourth-order valence-electron chi connectivity index (χ4n) is 4.89. The highest BCUT2D eigenvalue weighted by Gasteiger charge is 2.37. The van der Waals surface area contributed by atoms with Gasteiger partial charge in [-0.25, -0.2) is 8.42 Å². The first kappa shape index (κ1) is 23.4. The summed E-state index contributed by atoms with van der Waals surface area (Å²) in [4.78, 5) is 24.4. The molecule has 1 fully saturated rings. The molecule has 4 rings (SSSR count). The van der Waals surface area contributed by atoms with Crippen LogP contribution in [-0.4, -0.2) is 37.1 Å². The fourth-order valence-corrected chi connectivity index (χ4v) is 6.49. The molecule has 2 amide bonds. The molecule has 2 N–H and O–H groups in total. The van der Waals surface area contributed by atoms with Crippen molar-refractivity contribution in [2.45, 2.75) is 68.8 Å². The van der Waals surface area contributed by atoms with Crippen molar-refractivity contribution in [3.63, 3.8) is 0 Å². The van der Waals surface area contributed by atoms with Crippen molar-refractivity contribution in [2.75, 3.05) is 11.9 Å². The molecule has 2 aromatic carbocycles. The van der Waals surface area contributed by atoms with Crippen molar-refractivity contribution in [3.05, 3.63) is 59.7 Å². The third kappa shape index (κ3) is 5.45. The quantitative estimate of drug-likeness (QED) is 0.673. The van der Waals surface area contributed by atoms with Gasteiger partial charge in [0.15, 0.2) is 0 Å². The molecule has 1 saturated carbocycles. The molecule has 0 saturated heterocycles. The average Bonchev–Trinajstić information content (AvgIpc) is 2.80. The van der Waals surface area contributed by atoms with E-state index in [0.29, 0.717) is 18.7 Å². The summed E-state index contributed by atoms with van der Waals surface area (Å²) in [5, 5.41) is 5.78. The number of carbonyl (C=O) groups is 2. The van der Waals surface area contributed by atoms with Crippen molar-refractivity contribution in [1.82, 2.24) is 9.62 Å². The summed E-state index contributed by atoms with van der Waals surface area (Å²) < 4.78 is 28.7. The van der Waals surface area contributed by atoms with Gasteiger partial charge in [0.05, 0.1) is 10.9 Å². The lowest BCUT2D eigenvalue weighted by atomic mass is 9.91. The molecular weight excluding hydrogens is 438 g/mol. The van der Waals surface area contributed by atoms with Gasteiger partial charge in [-0.2, -0.15) is 4.31 Å². The number of nitrogens with one attached hydrogen (secondary N) is 2. The molecule has 0 spiro atoms. The van der Waals surface area contributed by atoms with E-state index in [-0.39, 0.29) is 29.2 Å². The maximum absolute atomic E-state index is 13.6. The van der Waals surface area contributed by atoms with E-state index in [1.165, 1.54) is 29.8 Å². The van der Waals surface area contributed by atoms with Crippen molar-refractivity contribution in [1.29, 1.82) is 0 Å². The van der Waals surface area contributed by atoms with Crippen LogP contribution in [0.5, 0.6) is 0 Å². The minimum atomic E-state index is -3.84. The van der Waals surface area contributed by atoms with Crippen molar-refractivity contribution >= 4 is 27.5 Å². The molecule has 0 radical (unpaired) electrons. The molecule has 0 aromatic heterocycles. The monoisotopic (exact) mass is 469 g/mol. The number of amides is 2. The third-order valence-electron chi connectivity index (χ3n) is 6.49. The van der Waals surface area contributed by atoms with Crippen LogP contribution in [0.4, 0.5) is 5.69 Å². The number of sulfonamides is 1. The SMILES string of the molecule is CC(=O)Nc1ccc(S(=O)(=O)N2CCc3ccccc3[C@@H]2CC(=O)NC2CCCCC2)cc1. The Morgan fingerprint density at radius 2 is 1.70 bits per heavy atom. The zero-order valence-corrected chi connectivity index (χ0v) is 19.7. The van der Waals surface area contributed by atoms with Gasteiger partial charge in [0.2, 0.25) is 21.8 Å².